The van der Waals surface area contributed by atoms with E-state index in [1.165, 1.54) is 48.3 Å². The Morgan fingerprint density at radius 2 is 1.47 bits per heavy atom. The van der Waals surface area contributed by atoms with Crippen molar-refractivity contribution >= 4 is 5.69 Å². The second-order valence-electron chi connectivity index (χ2n) is 9.11. The molecule has 2 aliphatic heterocycles. The molecule has 0 aromatic heterocycles. The summed E-state index contributed by atoms with van der Waals surface area (Å²) in [7, 11) is 0. The van der Waals surface area contributed by atoms with E-state index in [9.17, 15) is 0 Å². The Hall–Kier alpha value is -1.88. The highest BCUT2D eigenvalue weighted by Gasteiger charge is 2.26. The molecule has 1 saturated heterocycles. The molecule has 2 aliphatic rings. The van der Waals surface area contributed by atoms with Gasteiger partial charge in [0.25, 0.3) is 0 Å². The number of benzene rings is 2. The Morgan fingerprint density at radius 3 is 2.20 bits per heavy atom. The van der Waals surface area contributed by atoms with Crippen molar-refractivity contribution in [3.8, 4) is 0 Å². The van der Waals surface area contributed by atoms with Gasteiger partial charge >= 0.3 is 0 Å². The Bertz CT molecular complexity index is 786. The summed E-state index contributed by atoms with van der Waals surface area (Å²) < 4.78 is 6.16. The summed E-state index contributed by atoms with van der Waals surface area (Å²) in [6.45, 7) is 10.6. The van der Waals surface area contributed by atoms with E-state index >= 15 is 0 Å². The average molecular weight is 411 g/mol. The molecule has 0 amide bonds. The minimum Gasteiger partial charge on any atom is -0.412 e. The van der Waals surface area contributed by atoms with Crippen LogP contribution in [0, 0.1) is 5.92 Å². The maximum Gasteiger partial charge on any atom is 0.0639 e. The number of anilines is 1. The van der Waals surface area contributed by atoms with Gasteiger partial charge in [-0.25, -0.2) is 0 Å². The van der Waals surface area contributed by atoms with Crippen LogP contribution in [-0.2, 0) is 24.1 Å². The highest BCUT2D eigenvalue weighted by molar-refractivity contribution is 5.56. The first-order valence-electron chi connectivity index (χ1n) is 11.4. The third kappa shape index (κ3) is 5.63. The summed E-state index contributed by atoms with van der Waals surface area (Å²) in [4.78, 5) is 5.28. The number of fused-ring (bicyclic) bond motifs is 2. The van der Waals surface area contributed by atoms with Crippen LogP contribution >= 0.6 is 0 Å². The number of rotatable bonds is 7. The summed E-state index contributed by atoms with van der Waals surface area (Å²) in [5.41, 5.74) is 5.87. The van der Waals surface area contributed by atoms with Crippen LogP contribution in [-0.4, -0.2) is 49.3 Å². The molecule has 164 valence electrons. The van der Waals surface area contributed by atoms with E-state index in [0.717, 1.165) is 39.1 Å². The number of hydrogen-bond donors (Lipinski definition) is 0. The van der Waals surface area contributed by atoms with Crippen LogP contribution in [0.3, 0.4) is 0 Å². The summed E-state index contributed by atoms with van der Waals surface area (Å²) in [6, 6.07) is 18.5. The molecular weight excluding hydrogens is 372 g/mol. The number of hydrogen-bond acceptors (Lipinski definition) is 3. The number of ether oxygens (including phenoxy) is 1. The van der Waals surface area contributed by atoms with E-state index in [1.54, 1.807) is 0 Å². The molecule has 1 unspecified atom stereocenters. The molecule has 0 spiro atoms. The molecule has 1 atom stereocenters. The Kier molecular flexibility index (Phi) is 8.32. The molecular formula is C26H38N2O2. The standard InChI is InChI=1S/C26H36N2O.H2O/c1-21(2)19-29-20-25(27-15-7-8-16-27)18-28-17-24-11-4-3-9-22(24)13-14-23-10-5-6-12-26(23)28;/h3-6,9-12,21,25H,7-8,13-20H2,1-2H3;1H2. The lowest BCUT2D eigenvalue weighted by Gasteiger charge is -2.36. The van der Waals surface area contributed by atoms with Crippen molar-refractivity contribution in [3.63, 3.8) is 0 Å². The molecule has 2 aromatic carbocycles. The van der Waals surface area contributed by atoms with E-state index in [1.807, 2.05) is 0 Å². The maximum atomic E-state index is 6.16. The minimum atomic E-state index is 0. The quantitative estimate of drug-likeness (QED) is 0.690. The third-order valence-corrected chi connectivity index (χ3v) is 6.33. The van der Waals surface area contributed by atoms with Gasteiger partial charge in [0.2, 0.25) is 0 Å². The second kappa shape index (κ2) is 10.9. The van der Waals surface area contributed by atoms with Gasteiger partial charge in [-0.3, -0.25) is 4.90 Å². The Balaban J connectivity index is 0.00000256. The molecule has 2 heterocycles. The molecule has 4 nitrogen and oxygen atoms in total. The lowest BCUT2D eigenvalue weighted by Crippen LogP contribution is -2.46. The average Bonchev–Trinajstić information content (AvgIpc) is 3.25. The van der Waals surface area contributed by atoms with Crippen molar-refractivity contribution in [3.05, 3.63) is 65.2 Å². The SMILES string of the molecule is CC(C)COCC(CN1Cc2ccccc2CCc2ccccc21)N1CCCC1.O. The van der Waals surface area contributed by atoms with Crippen LogP contribution in [0.2, 0.25) is 0 Å². The van der Waals surface area contributed by atoms with Gasteiger partial charge in [-0.1, -0.05) is 56.3 Å². The first-order chi connectivity index (χ1) is 14.2. The first-order valence-corrected chi connectivity index (χ1v) is 11.4. The fourth-order valence-electron chi connectivity index (χ4n) is 4.78. The summed E-state index contributed by atoms with van der Waals surface area (Å²) in [5.74, 6) is 0.587. The normalized spacial score (nSPS) is 17.6. The maximum absolute atomic E-state index is 6.16. The van der Waals surface area contributed by atoms with E-state index in [0.29, 0.717) is 12.0 Å². The van der Waals surface area contributed by atoms with Crippen LogP contribution in [0.1, 0.15) is 43.4 Å². The third-order valence-electron chi connectivity index (χ3n) is 6.33. The number of likely N-dealkylation sites (tertiary alicyclic amines) is 1. The Labute approximate surface area is 182 Å². The number of para-hydroxylation sites is 1. The largest absolute Gasteiger partial charge is 0.412 e. The highest BCUT2D eigenvalue weighted by atomic mass is 16.5. The summed E-state index contributed by atoms with van der Waals surface area (Å²) in [5, 5.41) is 0. The predicted molar refractivity (Wildman–Crippen MR) is 125 cm³/mol. The fraction of sp³-hybridized carbons (Fsp3) is 0.538. The topological polar surface area (TPSA) is 47.2 Å². The van der Waals surface area contributed by atoms with Gasteiger partial charge in [0.1, 0.15) is 0 Å². The molecule has 30 heavy (non-hydrogen) atoms. The monoisotopic (exact) mass is 410 g/mol. The minimum absolute atomic E-state index is 0. The van der Waals surface area contributed by atoms with Gasteiger partial charge in [0.05, 0.1) is 12.6 Å². The lowest BCUT2D eigenvalue weighted by molar-refractivity contribution is 0.0567. The molecule has 0 bridgehead atoms. The zero-order valence-electron chi connectivity index (χ0n) is 18.6. The van der Waals surface area contributed by atoms with Crippen molar-refractivity contribution in [2.75, 3.05) is 37.7 Å². The van der Waals surface area contributed by atoms with Crippen molar-refractivity contribution in [1.29, 1.82) is 0 Å². The van der Waals surface area contributed by atoms with Crippen molar-refractivity contribution < 1.29 is 10.2 Å². The molecule has 0 aliphatic carbocycles. The molecule has 2 N–H and O–H groups in total. The van der Waals surface area contributed by atoms with Crippen molar-refractivity contribution in [1.82, 2.24) is 4.90 Å². The predicted octanol–water partition coefficient (Wildman–Crippen LogP) is 4.10. The zero-order chi connectivity index (χ0) is 20.1. The van der Waals surface area contributed by atoms with Gasteiger partial charge in [0, 0.05) is 25.4 Å². The van der Waals surface area contributed by atoms with Crippen LogP contribution in [0.5, 0.6) is 0 Å². The zero-order valence-corrected chi connectivity index (χ0v) is 18.6. The molecule has 0 radical (unpaired) electrons. The van der Waals surface area contributed by atoms with Gasteiger partial charge in [-0.05, 0) is 67.4 Å². The molecule has 4 heteroatoms. The Morgan fingerprint density at radius 1 is 0.833 bits per heavy atom. The van der Waals surface area contributed by atoms with Crippen LogP contribution in [0.25, 0.3) is 0 Å². The van der Waals surface area contributed by atoms with Crippen molar-refractivity contribution in [2.45, 2.75) is 52.1 Å². The summed E-state index contributed by atoms with van der Waals surface area (Å²) >= 11 is 0. The van der Waals surface area contributed by atoms with Gasteiger partial charge < -0.3 is 15.1 Å². The van der Waals surface area contributed by atoms with Crippen LogP contribution in [0.15, 0.2) is 48.5 Å². The number of nitrogens with zero attached hydrogens (tertiary/aromatic N) is 2. The first kappa shape index (κ1) is 22.8. The second-order valence-corrected chi connectivity index (χ2v) is 9.11. The van der Waals surface area contributed by atoms with Gasteiger partial charge in [-0.15, -0.1) is 0 Å². The molecule has 2 aromatic rings. The van der Waals surface area contributed by atoms with E-state index in [2.05, 4.69) is 72.2 Å². The van der Waals surface area contributed by atoms with Crippen molar-refractivity contribution in [2.24, 2.45) is 5.92 Å². The smallest absolute Gasteiger partial charge is 0.0639 e. The lowest BCUT2D eigenvalue weighted by atomic mass is 9.95. The van der Waals surface area contributed by atoms with Gasteiger partial charge in [0.15, 0.2) is 0 Å². The fourth-order valence-corrected chi connectivity index (χ4v) is 4.78. The highest BCUT2D eigenvalue weighted by Crippen LogP contribution is 2.29. The van der Waals surface area contributed by atoms with E-state index < -0.39 is 0 Å². The van der Waals surface area contributed by atoms with Gasteiger partial charge in [-0.2, -0.15) is 0 Å². The van der Waals surface area contributed by atoms with E-state index in [4.69, 9.17) is 4.74 Å². The molecule has 1 fully saturated rings. The molecule has 0 saturated carbocycles. The number of aryl methyl sites for hydroxylation is 2. The summed E-state index contributed by atoms with van der Waals surface area (Å²) in [6.07, 6.45) is 4.89. The molecule has 4 rings (SSSR count). The van der Waals surface area contributed by atoms with Crippen LogP contribution < -0.4 is 4.90 Å². The van der Waals surface area contributed by atoms with Crippen LogP contribution in [0.4, 0.5) is 5.69 Å². The van der Waals surface area contributed by atoms with E-state index in [-0.39, 0.29) is 5.48 Å².